The summed E-state index contributed by atoms with van der Waals surface area (Å²) in [6, 6.07) is 4.94. The lowest BCUT2D eigenvalue weighted by molar-refractivity contribution is -0.157. The smallest absolute Gasteiger partial charge is 0.339 e. The fraction of sp³-hybridized carbons (Fsp3) is 0.417. The van der Waals surface area contributed by atoms with Crippen LogP contribution >= 0.6 is 11.6 Å². The van der Waals surface area contributed by atoms with Crippen LogP contribution in [0.15, 0.2) is 35.2 Å². The fourth-order valence-electron chi connectivity index (χ4n) is 3.49. The summed E-state index contributed by atoms with van der Waals surface area (Å²) in [5.41, 5.74) is 0.304. The number of carbonyl (C=O) groups excluding carboxylic acids is 2. The van der Waals surface area contributed by atoms with Gasteiger partial charge in [-0.2, -0.15) is 4.72 Å². The summed E-state index contributed by atoms with van der Waals surface area (Å²) in [6.07, 6.45) is 0. The maximum atomic E-state index is 14.9. The topological polar surface area (TPSA) is 98.8 Å². The van der Waals surface area contributed by atoms with Crippen LogP contribution in [0.5, 0.6) is 0 Å². The summed E-state index contributed by atoms with van der Waals surface area (Å²) in [5.74, 6) is -3.34. The summed E-state index contributed by atoms with van der Waals surface area (Å²) in [7, 11) is -3.39. The molecule has 0 saturated carbocycles. The van der Waals surface area contributed by atoms with Crippen LogP contribution in [-0.4, -0.2) is 39.1 Å². The van der Waals surface area contributed by atoms with Gasteiger partial charge in [0.1, 0.15) is 17.5 Å². The maximum Gasteiger partial charge on any atom is 0.339 e. The van der Waals surface area contributed by atoms with Crippen LogP contribution in [0.2, 0.25) is 5.02 Å². The van der Waals surface area contributed by atoms with Crippen molar-refractivity contribution in [3.8, 4) is 0 Å². The Labute approximate surface area is 204 Å². The number of aryl methyl sites for hydroxylation is 1. The summed E-state index contributed by atoms with van der Waals surface area (Å²) >= 11 is 5.94. The molecule has 0 spiro atoms. The van der Waals surface area contributed by atoms with Crippen LogP contribution in [0.4, 0.5) is 4.39 Å². The van der Waals surface area contributed by atoms with Gasteiger partial charge in [-0.05, 0) is 75.6 Å². The van der Waals surface area contributed by atoms with Crippen LogP contribution in [0.1, 0.15) is 60.7 Å². The molecule has 1 N–H and O–H groups in total. The number of ether oxygens (including phenoxy) is 2. The van der Waals surface area contributed by atoms with E-state index in [-0.39, 0.29) is 16.1 Å². The molecule has 0 aromatic heterocycles. The van der Waals surface area contributed by atoms with Crippen molar-refractivity contribution in [3.05, 3.63) is 63.4 Å². The van der Waals surface area contributed by atoms with Crippen LogP contribution < -0.4 is 4.72 Å². The van der Waals surface area contributed by atoms with E-state index in [2.05, 4.69) is 9.46 Å². The number of methoxy groups -OCH3 is 1. The Morgan fingerprint density at radius 2 is 1.74 bits per heavy atom. The lowest BCUT2D eigenvalue weighted by Crippen LogP contribution is -2.47. The maximum absolute atomic E-state index is 14.9. The van der Waals surface area contributed by atoms with Crippen molar-refractivity contribution in [2.24, 2.45) is 0 Å². The molecule has 2 aromatic carbocycles. The number of hydrogen-bond donors (Lipinski definition) is 1. The molecule has 0 aliphatic rings. The molecule has 1 unspecified atom stereocenters. The number of hydrogen-bond acceptors (Lipinski definition) is 6. The molecule has 0 heterocycles. The van der Waals surface area contributed by atoms with Gasteiger partial charge in [0.05, 0.1) is 17.6 Å². The molecule has 0 bridgehead atoms. The highest BCUT2D eigenvalue weighted by Gasteiger charge is 2.37. The van der Waals surface area contributed by atoms with Gasteiger partial charge in [-0.15, -0.1) is 0 Å². The predicted octanol–water partition coefficient (Wildman–Crippen LogP) is 4.67. The molecule has 0 amide bonds. The Morgan fingerprint density at radius 3 is 2.29 bits per heavy atom. The Morgan fingerprint density at radius 1 is 1.12 bits per heavy atom. The lowest BCUT2D eigenvalue weighted by Gasteiger charge is -2.29. The van der Waals surface area contributed by atoms with Crippen molar-refractivity contribution in [1.82, 2.24) is 4.72 Å². The molecule has 7 nitrogen and oxygen atoms in total. The number of esters is 2. The third kappa shape index (κ3) is 6.34. The second kappa shape index (κ2) is 10.4. The Hall–Kier alpha value is -2.49. The number of nitrogens with one attached hydrogen (secondary N) is 1. The zero-order chi connectivity index (χ0) is 26.0. The highest BCUT2D eigenvalue weighted by Crippen LogP contribution is 2.31. The number of halogens is 2. The van der Waals surface area contributed by atoms with Gasteiger partial charge in [0.2, 0.25) is 10.0 Å². The van der Waals surface area contributed by atoms with E-state index in [1.807, 2.05) is 0 Å². The average Bonchev–Trinajstić information content (AvgIpc) is 2.72. The van der Waals surface area contributed by atoms with Crippen molar-refractivity contribution >= 4 is 33.6 Å². The van der Waals surface area contributed by atoms with Crippen LogP contribution in [0, 0.1) is 19.7 Å². The van der Waals surface area contributed by atoms with E-state index in [1.165, 1.54) is 19.1 Å². The highest BCUT2D eigenvalue weighted by atomic mass is 35.5. The minimum Gasteiger partial charge on any atom is -0.465 e. The van der Waals surface area contributed by atoms with E-state index in [4.69, 9.17) is 16.3 Å². The van der Waals surface area contributed by atoms with Crippen molar-refractivity contribution < 1.29 is 31.9 Å². The molecule has 0 radical (unpaired) electrons. The van der Waals surface area contributed by atoms with Gasteiger partial charge < -0.3 is 9.47 Å². The van der Waals surface area contributed by atoms with Crippen LogP contribution in [-0.2, 0) is 24.3 Å². The quantitative estimate of drug-likeness (QED) is 0.540. The monoisotopic (exact) mass is 513 g/mol. The summed E-state index contributed by atoms with van der Waals surface area (Å²) in [4.78, 5) is 24.9. The van der Waals surface area contributed by atoms with E-state index >= 15 is 0 Å². The third-order valence-electron chi connectivity index (χ3n) is 5.27. The molecule has 2 aromatic rings. The van der Waals surface area contributed by atoms with Crippen LogP contribution in [0.3, 0.4) is 0 Å². The van der Waals surface area contributed by atoms with Gasteiger partial charge in [0, 0.05) is 10.9 Å². The first-order chi connectivity index (χ1) is 15.6. The minimum absolute atomic E-state index is 0.119. The standard InChI is InChI=1S/C24H29ClFNO6S/c1-13-8-10-18(26)20(14(13)2)15(3)21(23(29)33-24(4,5)6)27-34(30,31)19-11-9-16(25)12-17(19)22(28)32-7/h8-12,15,21,27H,1-7H3/t15?,21-/m0/s1. The van der Waals surface area contributed by atoms with Gasteiger partial charge >= 0.3 is 11.9 Å². The second-order valence-electron chi connectivity index (χ2n) is 8.96. The SMILES string of the molecule is COC(=O)c1cc(Cl)ccc1S(=O)(=O)N[C@H](C(=O)OC(C)(C)C)C(C)c1c(F)ccc(C)c1C. The Bertz CT molecular complexity index is 1210. The molecule has 2 rings (SSSR count). The van der Waals surface area contributed by atoms with E-state index in [1.54, 1.807) is 40.7 Å². The molecule has 0 aliphatic heterocycles. The number of sulfonamides is 1. The predicted molar refractivity (Wildman–Crippen MR) is 127 cm³/mol. The zero-order valence-electron chi connectivity index (χ0n) is 20.2. The summed E-state index contributed by atoms with van der Waals surface area (Å²) in [6.45, 7) is 9.91. The molecular formula is C24H29ClFNO6S. The van der Waals surface area contributed by atoms with Crippen molar-refractivity contribution in [2.45, 2.75) is 64.0 Å². The Balaban J connectivity index is 2.63. The number of carbonyl (C=O) groups is 2. The van der Waals surface area contributed by atoms with Gasteiger partial charge in [0.15, 0.2) is 0 Å². The normalized spacial score (nSPS) is 13.8. The van der Waals surface area contributed by atoms with E-state index in [0.717, 1.165) is 24.8 Å². The summed E-state index contributed by atoms with van der Waals surface area (Å²) in [5, 5.41) is 0.119. The van der Waals surface area contributed by atoms with Gasteiger partial charge in [-0.25, -0.2) is 17.6 Å². The highest BCUT2D eigenvalue weighted by molar-refractivity contribution is 7.89. The number of rotatable bonds is 7. The number of benzene rings is 2. The molecule has 0 fully saturated rings. The first kappa shape index (κ1) is 27.8. The van der Waals surface area contributed by atoms with E-state index < -0.39 is 50.2 Å². The van der Waals surface area contributed by atoms with Crippen molar-refractivity contribution in [1.29, 1.82) is 0 Å². The second-order valence-corrected chi connectivity index (χ2v) is 11.1. The van der Waals surface area contributed by atoms with Gasteiger partial charge in [-0.3, -0.25) is 4.79 Å². The Kier molecular flexibility index (Phi) is 8.50. The molecule has 186 valence electrons. The first-order valence-electron chi connectivity index (χ1n) is 10.5. The largest absolute Gasteiger partial charge is 0.465 e. The van der Waals surface area contributed by atoms with Crippen molar-refractivity contribution in [3.63, 3.8) is 0 Å². The van der Waals surface area contributed by atoms with Gasteiger partial charge in [-0.1, -0.05) is 24.6 Å². The van der Waals surface area contributed by atoms with Gasteiger partial charge in [0.25, 0.3) is 0 Å². The fourth-order valence-corrected chi connectivity index (χ4v) is 5.10. The molecule has 10 heteroatoms. The minimum atomic E-state index is -4.48. The molecular weight excluding hydrogens is 485 g/mol. The summed E-state index contributed by atoms with van der Waals surface area (Å²) < 4.78 is 54.1. The average molecular weight is 514 g/mol. The van der Waals surface area contributed by atoms with Crippen LogP contribution in [0.25, 0.3) is 0 Å². The first-order valence-corrected chi connectivity index (χ1v) is 12.3. The van der Waals surface area contributed by atoms with E-state index in [9.17, 15) is 22.4 Å². The zero-order valence-corrected chi connectivity index (χ0v) is 21.7. The molecule has 2 atom stereocenters. The third-order valence-corrected chi connectivity index (χ3v) is 7.00. The van der Waals surface area contributed by atoms with Crippen molar-refractivity contribution in [2.75, 3.05) is 7.11 Å². The molecule has 0 aliphatic carbocycles. The molecule has 34 heavy (non-hydrogen) atoms. The van der Waals surface area contributed by atoms with E-state index in [0.29, 0.717) is 5.56 Å². The molecule has 0 saturated heterocycles. The lowest BCUT2D eigenvalue weighted by atomic mass is 9.88.